The molecule has 1 rings (SSSR count). The van der Waals surface area contributed by atoms with Gasteiger partial charge in [0.15, 0.2) is 6.10 Å². The highest BCUT2D eigenvalue weighted by Gasteiger charge is 2.23. The van der Waals surface area contributed by atoms with Crippen LogP contribution in [0.2, 0.25) is 0 Å². The van der Waals surface area contributed by atoms with Crippen LogP contribution in [0.4, 0.5) is 0 Å². The standard InChI is InChI=1S/C9H11N3O4/c1-12-4-5(7(14)6(13)3-10)11-8(12)9(15)16-2/h4,6-7,13-14H,1-2H3. The topological polar surface area (TPSA) is 108 Å². The van der Waals surface area contributed by atoms with Crippen molar-refractivity contribution in [2.75, 3.05) is 7.11 Å². The Balaban J connectivity index is 3.02. The number of hydrogen-bond donors (Lipinski definition) is 2. The zero-order chi connectivity index (χ0) is 12.3. The molecule has 2 atom stereocenters. The van der Waals surface area contributed by atoms with E-state index in [1.807, 2.05) is 0 Å². The van der Waals surface area contributed by atoms with Crippen LogP contribution in [-0.4, -0.2) is 38.9 Å². The third-order valence-electron chi connectivity index (χ3n) is 2.00. The van der Waals surface area contributed by atoms with Crippen molar-refractivity contribution in [2.45, 2.75) is 12.2 Å². The second-order valence-electron chi connectivity index (χ2n) is 3.11. The molecule has 16 heavy (non-hydrogen) atoms. The van der Waals surface area contributed by atoms with Crippen molar-refractivity contribution in [2.24, 2.45) is 7.05 Å². The van der Waals surface area contributed by atoms with E-state index in [0.29, 0.717) is 0 Å². The zero-order valence-corrected chi connectivity index (χ0v) is 8.78. The molecule has 0 spiro atoms. The maximum atomic E-state index is 11.2. The number of aromatic nitrogens is 2. The van der Waals surface area contributed by atoms with E-state index in [-0.39, 0.29) is 11.5 Å². The number of methoxy groups -OCH3 is 1. The van der Waals surface area contributed by atoms with E-state index in [9.17, 15) is 9.90 Å². The molecule has 1 aromatic heterocycles. The number of carbonyl (C=O) groups excluding carboxylic acids is 1. The largest absolute Gasteiger partial charge is 0.463 e. The Labute approximate surface area is 91.5 Å². The number of esters is 1. The smallest absolute Gasteiger partial charge is 0.374 e. The van der Waals surface area contributed by atoms with E-state index in [2.05, 4.69) is 9.72 Å². The molecule has 7 nitrogen and oxygen atoms in total. The molecule has 1 aromatic rings. The summed E-state index contributed by atoms with van der Waals surface area (Å²) in [5.74, 6) is -0.672. The number of imidazole rings is 1. The van der Waals surface area contributed by atoms with Crippen LogP contribution < -0.4 is 0 Å². The second kappa shape index (κ2) is 4.74. The van der Waals surface area contributed by atoms with Gasteiger partial charge in [-0.2, -0.15) is 5.26 Å². The van der Waals surface area contributed by atoms with Gasteiger partial charge in [-0.05, 0) is 0 Å². The summed E-state index contributed by atoms with van der Waals surface area (Å²) in [4.78, 5) is 15.0. The van der Waals surface area contributed by atoms with Crippen LogP contribution in [0.3, 0.4) is 0 Å². The number of aliphatic hydroxyl groups excluding tert-OH is 2. The Hall–Kier alpha value is -1.91. The molecule has 0 amide bonds. The first kappa shape index (κ1) is 12.2. The molecule has 0 aliphatic carbocycles. The van der Waals surface area contributed by atoms with E-state index in [0.717, 1.165) is 0 Å². The maximum absolute atomic E-state index is 11.2. The minimum absolute atomic E-state index is 0.0123. The average molecular weight is 225 g/mol. The van der Waals surface area contributed by atoms with Gasteiger partial charge in [-0.3, -0.25) is 0 Å². The number of aliphatic hydroxyl groups is 2. The predicted octanol–water partition coefficient (Wildman–Crippen LogP) is -0.875. The van der Waals surface area contributed by atoms with E-state index >= 15 is 0 Å². The number of nitriles is 1. The van der Waals surface area contributed by atoms with Crippen molar-refractivity contribution in [3.05, 3.63) is 17.7 Å². The third-order valence-corrected chi connectivity index (χ3v) is 2.00. The van der Waals surface area contributed by atoms with Crippen LogP contribution in [0.25, 0.3) is 0 Å². The molecule has 0 aliphatic heterocycles. The summed E-state index contributed by atoms with van der Waals surface area (Å²) in [5.41, 5.74) is 0.0388. The quantitative estimate of drug-likeness (QED) is 0.511. The van der Waals surface area contributed by atoms with Crippen LogP contribution in [-0.2, 0) is 11.8 Å². The van der Waals surface area contributed by atoms with Gasteiger partial charge in [0.25, 0.3) is 0 Å². The Morgan fingerprint density at radius 1 is 1.69 bits per heavy atom. The first-order valence-corrected chi connectivity index (χ1v) is 4.38. The molecule has 0 aromatic carbocycles. The van der Waals surface area contributed by atoms with Crippen LogP contribution in [0.15, 0.2) is 6.20 Å². The minimum Gasteiger partial charge on any atom is -0.463 e. The van der Waals surface area contributed by atoms with Crippen molar-refractivity contribution in [3.8, 4) is 6.07 Å². The summed E-state index contributed by atoms with van der Waals surface area (Å²) >= 11 is 0. The fraction of sp³-hybridized carbons (Fsp3) is 0.444. The molecule has 2 unspecified atom stereocenters. The van der Waals surface area contributed by atoms with Gasteiger partial charge < -0.3 is 19.5 Å². The highest BCUT2D eigenvalue weighted by molar-refractivity contribution is 5.85. The van der Waals surface area contributed by atoms with Crippen molar-refractivity contribution in [1.82, 2.24) is 9.55 Å². The van der Waals surface area contributed by atoms with Gasteiger partial charge in [0.05, 0.1) is 18.9 Å². The Morgan fingerprint density at radius 2 is 2.31 bits per heavy atom. The van der Waals surface area contributed by atoms with Crippen LogP contribution in [0.1, 0.15) is 22.4 Å². The lowest BCUT2D eigenvalue weighted by Crippen LogP contribution is -2.16. The molecule has 7 heteroatoms. The van der Waals surface area contributed by atoms with Crippen molar-refractivity contribution < 1.29 is 19.7 Å². The third kappa shape index (κ3) is 2.18. The fourth-order valence-corrected chi connectivity index (χ4v) is 1.15. The number of aryl methyl sites for hydroxylation is 1. The number of ether oxygens (including phenoxy) is 1. The van der Waals surface area contributed by atoms with Crippen molar-refractivity contribution in [3.63, 3.8) is 0 Å². The molecule has 86 valence electrons. The van der Waals surface area contributed by atoms with Gasteiger partial charge in [0.2, 0.25) is 5.82 Å². The monoisotopic (exact) mass is 225 g/mol. The molecule has 1 heterocycles. The van der Waals surface area contributed by atoms with Crippen molar-refractivity contribution >= 4 is 5.97 Å². The molecule has 0 saturated carbocycles. The fourth-order valence-electron chi connectivity index (χ4n) is 1.15. The van der Waals surface area contributed by atoms with Crippen LogP contribution in [0.5, 0.6) is 0 Å². The molecule has 0 radical (unpaired) electrons. The molecule has 0 bridgehead atoms. The maximum Gasteiger partial charge on any atom is 0.374 e. The molecule has 0 saturated heterocycles. The van der Waals surface area contributed by atoms with E-state index in [4.69, 9.17) is 10.4 Å². The van der Waals surface area contributed by atoms with E-state index in [1.54, 1.807) is 0 Å². The molecule has 0 fully saturated rings. The van der Waals surface area contributed by atoms with Gasteiger partial charge >= 0.3 is 5.97 Å². The Kier molecular flexibility index (Phi) is 3.60. The number of nitrogens with zero attached hydrogens (tertiary/aromatic N) is 3. The molecule has 0 aliphatic rings. The number of hydrogen-bond acceptors (Lipinski definition) is 6. The van der Waals surface area contributed by atoms with Crippen molar-refractivity contribution in [1.29, 1.82) is 5.26 Å². The SMILES string of the molecule is COC(=O)c1nc(C(O)C(O)C#N)cn1C. The average Bonchev–Trinajstić information content (AvgIpc) is 2.68. The Morgan fingerprint density at radius 3 is 2.81 bits per heavy atom. The Bertz CT molecular complexity index is 434. The van der Waals surface area contributed by atoms with E-state index < -0.39 is 18.2 Å². The highest BCUT2D eigenvalue weighted by atomic mass is 16.5. The lowest BCUT2D eigenvalue weighted by Gasteiger charge is -2.07. The second-order valence-corrected chi connectivity index (χ2v) is 3.11. The predicted molar refractivity (Wildman–Crippen MR) is 51.1 cm³/mol. The van der Waals surface area contributed by atoms with Gasteiger partial charge in [0.1, 0.15) is 6.10 Å². The normalized spacial score (nSPS) is 13.9. The highest BCUT2D eigenvalue weighted by Crippen LogP contribution is 2.15. The molecule has 2 N–H and O–H groups in total. The number of carbonyl (C=O) groups is 1. The minimum atomic E-state index is -1.58. The van der Waals surface area contributed by atoms with Gasteiger partial charge in [-0.15, -0.1) is 0 Å². The first-order valence-electron chi connectivity index (χ1n) is 4.38. The lowest BCUT2D eigenvalue weighted by molar-refractivity contribution is 0.0494. The zero-order valence-electron chi connectivity index (χ0n) is 8.78. The summed E-state index contributed by atoms with van der Waals surface area (Å²) in [7, 11) is 2.74. The summed E-state index contributed by atoms with van der Waals surface area (Å²) in [5, 5.41) is 27.0. The summed E-state index contributed by atoms with van der Waals surface area (Å²) in [6.45, 7) is 0. The van der Waals surface area contributed by atoms with Crippen LogP contribution in [0, 0.1) is 11.3 Å². The van der Waals surface area contributed by atoms with Crippen LogP contribution >= 0.6 is 0 Å². The molecular formula is C9H11N3O4. The van der Waals surface area contributed by atoms with Gasteiger partial charge in [-0.25, -0.2) is 9.78 Å². The summed E-state index contributed by atoms with van der Waals surface area (Å²) in [6.07, 6.45) is -1.69. The first-order chi connectivity index (χ1) is 7.51. The van der Waals surface area contributed by atoms with E-state index in [1.165, 1.54) is 31.0 Å². The summed E-state index contributed by atoms with van der Waals surface area (Å²) < 4.78 is 5.81. The lowest BCUT2D eigenvalue weighted by atomic mass is 10.2. The van der Waals surface area contributed by atoms with Gasteiger partial charge in [0, 0.05) is 13.2 Å². The number of rotatable bonds is 3. The summed E-state index contributed by atoms with van der Waals surface area (Å²) in [6, 6.07) is 1.48. The molecular weight excluding hydrogens is 214 g/mol. The van der Waals surface area contributed by atoms with Gasteiger partial charge in [-0.1, -0.05) is 0 Å².